The molecule has 27 heavy (non-hydrogen) atoms. The molecule has 1 unspecified atom stereocenters. The highest BCUT2D eigenvalue weighted by molar-refractivity contribution is 5.93. The quantitative estimate of drug-likeness (QED) is 0.423. The van der Waals surface area contributed by atoms with Crippen LogP contribution in [0.25, 0.3) is 22.2 Å². The Kier molecular flexibility index (Phi) is 4.43. The molecule has 0 fully saturated rings. The summed E-state index contributed by atoms with van der Waals surface area (Å²) in [6.45, 7) is 0. The van der Waals surface area contributed by atoms with E-state index in [4.69, 9.17) is 0 Å². The summed E-state index contributed by atoms with van der Waals surface area (Å²) < 4.78 is 3.40. The Hall–Kier alpha value is -3.45. The third-order valence-corrected chi connectivity index (χ3v) is 4.65. The number of carbonyl (C=O) groups is 1. The van der Waals surface area contributed by atoms with Crippen LogP contribution in [0.2, 0.25) is 0 Å². The zero-order chi connectivity index (χ0) is 18.8. The van der Waals surface area contributed by atoms with Crippen LogP contribution < -0.4 is 5.48 Å². The highest BCUT2D eigenvalue weighted by Gasteiger charge is 2.23. The van der Waals surface area contributed by atoms with E-state index < -0.39 is 11.9 Å². The molecule has 2 aromatic carbocycles. The van der Waals surface area contributed by atoms with Crippen molar-refractivity contribution < 1.29 is 10.0 Å². The van der Waals surface area contributed by atoms with Gasteiger partial charge in [0.05, 0.1) is 5.69 Å². The molecule has 0 aliphatic carbocycles. The summed E-state index contributed by atoms with van der Waals surface area (Å²) in [6, 6.07) is 16.8. The molecule has 0 radical (unpaired) electrons. The van der Waals surface area contributed by atoms with Crippen molar-refractivity contribution in [2.24, 2.45) is 7.05 Å². The first kappa shape index (κ1) is 17.0. The Labute approximate surface area is 155 Å². The molecule has 2 N–H and O–H groups in total. The summed E-state index contributed by atoms with van der Waals surface area (Å²) in [5.41, 5.74) is 5.41. The largest absolute Gasteiger partial charge is 0.289 e. The molecule has 0 saturated carbocycles. The average molecular weight is 361 g/mol. The number of amides is 1. The Morgan fingerprint density at radius 2 is 1.96 bits per heavy atom. The van der Waals surface area contributed by atoms with Gasteiger partial charge in [0.25, 0.3) is 5.91 Å². The number of carbonyl (C=O) groups excluding carboxylic acids is 1. The molecule has 7 nitrogen and oxygen atoms in total. The fraction of sp³-hybridized carbons (Fsp3) is 0.150. The van der Waals surface area contributed by atoms with Crippen molar-refractivity contribution in [1.29, 1.82) is 0 Å². The number of nitrogens with one attached hydrogen (secondary N) is 1. The summed E-state index contributed by atoms with van der Waals surface area (Å²) in [4.78, 5) is 12.3. The molecule has 4 rings (SSSR count). The summed E-state index contributed by atoms with van der Waals surface area (Å²) in [6.07, 6.45) is 3.99. The molecule has 2 heterocycles. The van der Waals surface area contributed by atoms with E-state index in [1.54, 1.807) is 21.0 Å². The normalized spacial score (nSPS) is 12.2. The van der Waals surface area contributed by atoms with Crippen molar-refractivity contribution >= 4 is 16.8 Å². The first-order chi connectivity index (χ1) is 13.2. The van der Waals surface area contributed by atoms with Gasteiger partial charge in [-0.3, -0.25) is 19.4 Å². The molecule has 0 spiro atoms. The number of nitrogens with zero attached hydrogens (tertiary/aromatic N) is 4. The maximum Gasteiger partial charge on any atom is 0.268 e. The van der Waals surface area contributed by atoms with E-state index >= 15 is 0 Å². The van der Waals surface area contributed by atoms with Crippen molar-refractivity contribution in [3.63, 3.8) is 0 Å². The van der Waals surface area contributed by atoms with E-state index in [9.17, 15) is 10.0 Å². The summed E-state index contributed by atoms with van der Waals surface area (Å²) >= 11 is 0. The molecule has 2 aromatic heterocycles. The standard InChI is InChI=1S/C20H19N5O2/c1-24-17(10-11-21-24)16-9-5-8-15-13-25(22-19(15)16)18(20(26)23-27)12-14-6-3-2-4-7-14/h2-11,13,18,27H,12H2,1H3,(H,23,26). The molecule has 0 aliphatic heterocycles. The zero-order valence-corrected chi connectivity index (χ0v) is 14.8. The third-order valence-electron chi connectivity index (χ3n) is 4.65. The van der Waals surface area contributed by atoms with Gasteiger partial charge < -0.3 is 0 Å². The SMILES string of the molecule is Cn1nccc1-c1cccc2cn(C(Cc3ccccc3)C(=O)NO)nc12. The van der Waals surface area contributed by atoms with Gasteiger partial charge in [0.15, 0.2) is 0 Å². The Morgan fingerprint density at radius 1 is 1.15 bits per heavy atom. The predicted molar refractivity (Wildman–Crippen MR) is 101 cm³/mol. The number of fused-ring (bicyclic) bond motifs is 1. The highest BCUT2D eigenvalue weighted by Crippen LogP contribution is 2.28. The minimum atomic E-state index is -0.663. The number of hydrogen-bond acceptors (Lipinski definition) is 4. The van der Waals surface area contributed by atoms with Crippen LogP contribution in [-0.2, 0) is 18.3 Å². The van der Waals surface area contributed by atoms with E-state index in [0.717, 1.165) is 27.7 Å². The van der Waals surface area contributed by atoms with Crippen molar-refractivity contribution in [2.75, 3.05) is 0 Å². The monoisotopic (exact) mass is 361 g/mol. The van der Waals surface area contributed by atoms with Gasteiger partial charge in [0, 0.05) is 36.8 Å². The fourth-order valence-corrected chi connectivity index (χ4v) is 3.29. The lowest BCUT2D eigenvalue weighted by atomic mass is 10.1. The molecule has 7 heteroatoms. The number of hydrogen-bond donors (Lipinski definition) is 2. The molecule has 0 bridgehead atoms. The number of aryl methyl sites for hydroxylation is 1. The maximum absolute atomic E-state index is 12.3. The summed E-state index contributed by atoms with van der Waals surface area (Å²) in [7, 11) is 1.88. The molecule has 4 aromatic rings. The van der Waals surface area contributed by atoms with Crippen LogP contribution in [0.3, 0.4) is 0 Å². The average Bonchev–Trinajstić information content (AvgIpc) is 3.32. The van der Waals surface area contributed by atoms with Crippen molar-refractivity contribution in [1.82, 2.24) is 25.0 Å². The summed E-state index contributed by atoms with van der Waals surface area (Å²) in [5, 5.41) is 19.0. The second kappa shape index (κ2) is 7.05. The van der Waals surface area contributed by atoms with Crippen molar-refractivity contribution in [2.45, 2.75) is 12.5 Å². The van der Waals surface area contributed by atoms with Crippen LogP contribution in [0.1, 0.15) is 11.6 Å². The number of rotatable bonds is 5. The Morgan fingerprint density at radius 3 is 2.67 bits per heavy atom. The van der Waals surface area contributed by atoms with E-state index in [-0.39, 0.29) is 0 Å². The molecule has 1 amide bonds. The lowest BCUT2D eigenvalue weighted by Gasteiger charge is -2.15. The lowest BCUT2D eigenvalue weighted by Crippen LogP contribution is -2.32. The summed E-state index contributed by atoms with van der Waals surface area (Å²) in [5.74, 6) is -0.506. The molecular weight excluding hydrogens is 342 g/mol. The van der Waals surface area contributed by atoms with Gasteiger partial charge in [-0.2, -0.15) is 10.2 Å². The van der Waals surface area contributed by atoms with Crippen LogP contribution in [0.4, 0.5) is 0 Å². The fourth-order valence-electron chi connectivity index (χ4n) is 3.29. The van der Waals surface area contributed by atoms with Gasteiger partial charge in [0.2, 0.25) is 0 Å². The van der Waals surface area contributed by atoms with Crippen molar-refractivity contribution in [3.8, 4) is 11.3 Å². The first-order valence-electron chi connectivity index (χ1n) is 8.61. The molecule has 136 valence electrons. The second-order valence-corrected chi connectivity index (χ2v) is 6.37. The van der Waals surface area contributed by atoms with Gasteiger partial charge in [-0.25, -0.2) is 5.48 Å². The topological polar surface area (TPSA) is 85.0 Å². The van der Waals surface area contributed by atoms with Gasteiger partial charge in [-0.1, -0.05) is 48.5 Å². The van der Waals surface area contributed by atoms with Gasteiger partial charge in [-0.05, 0) is 11.6 Å². The molecule has 0 saturated heterocycles. The first-order valence-corrected chi connectivity index (χ1v) is 8.61. The second-order valence-electron chi connectivity index (χ2n) is 6.37. The van der Waals surface area contributed by atoms with E-state index in [0.29, 0.717) is 6.42 Å². The molecular formula is C20H19N5O2. The highest BCUT2D eigenvalue weighted by atomic mass is 16.5. The van der Waals surface area contributed by atoms with Gasteiger partial charge in [0.1, 0.15) is 11.6 Å². The van der Waals surface area contributed by atoms with E-state index in [1.807, 2.05) is 67.8 Å². The number of hydroxylamine groups is 1. The van der Waals surface area contributed by atoms with Crippen LogP contribution in [0, 0.1) is 0 Å². The molecule has 0 aliphatic rings. The minimum absolute atomic E-state index is 0.419. The van der Waals surface area contributed by atoms with Crippen molar-refractivity contribution in [3.05, 3.63) is 72.6 Å². The number of aromatic nitrogens is 4. The number of benzene rings is 2. The zero-order valence-electron chi connectivity index (χ0n) is 14.8. The smallest absolute Gasteiger partial charge is 0.268 e. The van der Waals surface area contributed by atoms with Gasteiger partial charge in [-0.15, -0.1) is 0 Å². The van der Waals surface area contributed by atoms with Crippen LogP contribution in [0.15, 0.2) is 67.0 Å². The predicted octanol–water partition coefficient (Wildman–Crippen LogP) is 2.73. The van der Waals surface area contributed by atoms with E-state index in [1.165, 1.54) is 0 Å². The van der Waals surface area contributed by atoms with Gasteiger partial charge >= 0.3 is 0 Å². The van der Waals surface area contributed by atoms with Crippen LogP contribution in [0.5, 0.6) is 0 Å². The maximum atomic E-state index is 12.3. The van der Waals surface area contributed by atoms with Crippen LogP contribution >= 0.6 is 0 Å². The van der Waals surface area contributed by atoms with Crippen LogP contribution in [-0.4, -0.2) is 30.7 Å². The molecule has 1 atom stereocenters. The Balaban J connectivity index is 1.79. The minimum Gasteiger partial charge on any atom is -0.289 e. The Bertz CT molecular complexity index is 1080. The third kappa shape index (κ3) is 3.20. The lowest BCUT2D eigenvalue weighted by molar-refractivity contribution is -0.132. The van der Waals surface area contributed by atoms with E-state index in [2.05, 4.69) is 10.2 Å².